The molecule has 0 aliphatic rings. The fourth-order valence-electron chi connectivity index (χ4n) is 1.31. The lowest BCUT2D eigenvalue weighted by atomic mass is 10.0. The van der Waals surface area contributed by atoms with Crippen LogP contribution in [0.5, 0.6) is 0 Å². The number of rotatable bonds is 3. The van der Waals surface area contributed by atoms with Crippen molar-refractivity contribution in [2.75, 3.05) is 0 Å². The van der Waals surface area contributed by atoms with Crippen LogP contribution in [0.2, 0.25) is 0 Å². The minimum Gasteiger partial charge on any atom is -0.481 e. The highest BCUT2D eigenvalue weighted by atomic mass is 79.9. The highest BCUT2D eigenvalue weighted by Gasteiger charge is 2.36. The van der Waals surface area contributed by atoms with Crippen LogP contribution in [0.4, 0.5) is 18.9 Å². The molecular formula is C9H5BrF3NO4. The first-order chi connectivity index (χ1) is 8.12. The van der Waals surface area contributed by atoms with Crippen molar-refractivity contribution in [3.05, 3.63) is 37.8 Å². The Bertz CT molecular complexity index is 515. The van der Waals surface area contributed by atoms with E-state index in [0.717, 1.165) is 6.07 Å². The molecule has 0 bridgehead atoms. The molecule has 5 nitrogen and oxygen atoms in total. The van der Waals surface area contributed by atoms with E-state index in [9.17, 15) is 28.1 Å². The molecule has 0 aromatic heterocycles. The van der Waals surface area contributed by atoms with Gasteiger partial charge in [0.1, 0.15) is 0 Å². The van der Waals surface area contributed by atoms with Crippen molar-refractivity contribution in [3.8, 4) is 0 Å². The number of hydrogen-bond donors (Lipinski definition) is 1. The van der Waals surface area contributed by atoms with E-state index < -0.39 is 40.3 Å². The third kappa shape index (κ3) is 3.19. The van der Waals surface area contributed by atoms with E-state index in [1.165, 1.54) is 0 Å². The van der Waals surface area contributed by atoms with E-state index in [0.29, 0.717) is 6.07 Å². The van der Waals surface area contributed by atoms with Gasteiger partial charge in [-0.3, -0.25) is 14.9 Å². The number of nitro groups is 1. The van der Waals surface area contributed by atoms with Gasteiger partial charge < -0.3 is 5.11 Å². The van der Waals surface area contributed by atoms with Crippen LogP contribution < -0.4 is 0 Å². The summed E-state index contributed by atoms with van der Waals surface area (Å²) in [5, 5.41) is 19.0. The average Bonchev–Trinajstić information content (AvgIpc) is 2.17. The number of alkyl halides is 3. The van der Waals surface area contributed by atoms with Crippen molar-refractivity contribution in [1.29, 1.82) is 0 Å². The molecule has 1 aromatic rings. The topological polar surface area (TPSA) is 80.4 Å². The second-order valence-corrected chi connectivity index (χ2v) is 4.13. The summed E-state index contributed by atoms with van der Waals surface area (Å²) in [4.78, 5) is 20.0. The predicted octanol–water partition coefficient (Wildman–Crippen LogP) is 3.00. The average molecular weight is 328 g/mol. The number of nitro benzene ring substituents is 1. The van der Waals surface area contributed by atoms with Gasteiger partial charge in [0, 0.05) is 16.6 Å². The summed E-state index contributed by atoms with van der Waals surface area (Å²) in [5.74, 6) is -1.46. The highest BCUT2D eigenvalue weighted by Crippen LogP contribution is 2.38. The normalized spacial score (nSPS) is 11.3. The summed E-state index contributed by atoms with van der Waals surface area (Å²) in [6.45, 7) is 0. The Kier molecular flexibility index (Phi) is 3.95. The number of halogens is 4. The van der Waals surface area contributed by atoms with Crippen molar-refractivity contribution in [1.82, 2.24) is 0 Å². The summed E-state index contributed by atoms with van der Waals surface area (Å²) < 4.78 is 37.8. The molecule has 0 atom stereocenters. The first-order valence-electron chi connectivity index (χ1n) is 4.38. The molecule has 9 heteroatoms. The smallest absolute Gasteiger partial charge is 0.416 e. The van der Waals surface area contributed by atoms with Crippen LogP contribution in [0.3, 0.4) is 0 Å². The van der Waals surface area contributed by atoms with Crippen LogP contribution in [0, 0.1) is 10.1 Å². The first-order valence-corrected chi connectivity index (χ1v) is 5.18. The molecule has 0 radical (unpaired) electrons. The second kappa shape index (κ2) is 4.92. The van der Waals surface area contributed by atoms with Crippen LogP contribution >= 0.6 is 15.9 Å². The van der Waals surface area contributed by atoms with E-state index in [2.05, 4.69) is 15.9 Å². The predicted molar refractivity (Wildman–Crippen MR) is 57.1 cm³/mol. The standard InChI is InChI=1S/C9H5BrF3NO4/c10-7-2-4(14(17)18)1-6(9(11,12)13)5(7)3-8(15)16/h1-2H,3H2,(H,15,16). The van der Waals surface area contributed by atoms with Gasteiger partial charge in [0.05, 0.1) is 16.9 Å². The monoisotopic (exact) mass is 327 g/mol. The maximum Gasteiger partial charge on any atom is 0.416 e. The van der Waals surface area contributed by atoms with Gasteiger partial charge >= 0.3 is 12.1 Å². The Morgan fingerprint density at radius 3 is 2.39 bits per heavy atom. The summed E-state index contributed by atoms with van der Waals surface area (Å²) in [5.41, 5.74) is -2.63. The number of benzene rings is 1. The molecular weight excluding hydrogens is 323 g/mol. The zero-order valence-electron chi connectivity index (χ0n) is 8.49. The first kappa shape index (κ1) is 14.4. The van der Waals surface area contributed by atoms with Gasteiger partial charge in [-0.15, -0.1) is 0 Å². The number of hydrogen-bond acceptors (Lipinski definition) is 3. The Balaban J connectivity index is 3.49. The summed E-state index contributed by atoms with van der Waals surface area (Å²) >= 11 is 2.72. The summed E-state index contributed by atoms with van der Waals surface area (Å²) in [7, 11) is 0. The van der Waals surface area contributed by atoms with Crippen LogP contribution in [-0.4, -0.2) is 16.0 Å². The number of carbonyl (C=O) groups is 1. The van der Waals surface area contributed by atoms with E-state index in [-0.39, 0.29) is 4.47 Å². The lowest BCUT2D eigenvalue weighted by Gasteiger charge is -2.13. The molecule has 0 saturated carbocycles. The van der Waals surface area contributed by atoms with Crippen LogP contribution in [0.1, 0.15) is 11.1 Å². The number of carboxylic acids is 1. The van der Waals surface area contributed by atoms with Gasteiger partial charge in [-0.25, -0.2) is 0 Å². The quantitative estimate of drug-likeness (QED) is 0.683. The lowest BCUT2D eigenvalue weighted by Crippen LogP contribution is -2.13. The van der Waals surface area contributed by atoms with Crippen LogP contribution in [0.15, 0.2) is 16.6 Å². The third-order valence-electron chi connectivity index (χ3n) is 2.02. The Hall–Kier alpha value is -1.64. The number of aliphatic carboxylic acids is 1. The summed E-state index contributed by atoms with van der Waals surface area (Å²) in [6, 6.07) is 1.16. The zero-order chi connectivity index (χ0) is 14.1. The van der Waals surface area contributed by atoms with E-state index in [1.807, 2.05) is 0 Å². The highest BCUT2D eigenvalue weighted by molar-refractivity contribution is 9.10. The molecule has 1 aromatic carbocycles. The fraction of sp³-hybridized carbons (Fsp3) is 0.222. The molecule has 98 valence electrons. The Morgan fingerprint density at radius 2 is 2.00 bits per heavy atom. The molecule has 1 rings (SSSR count). The van der Waals surface area contributed by atoms with Gasteiger partial charge in [-0.1, -0.05) is 15.9 Å². The molecule has 0 spiro atoms. The minimum absolute atomic E-state index is 0.258. The zero-order valence-corrected chi connectivity index (χ0v) is 10.1. The van der Waals surface area contributed by atoms with Gasteiger partial charge in [0.2, 0.25) is 0 Å². The largest absolute Gasteiger partial charge is 0.481 e. The second-order valence-electron chi connectivity index (χ2n) is 3.28. The van der Waals surface area contributed by atoms with Gasteiger partial charge in [-0.05, 0) is 5.56 Å². The molecule has 0 aliphatic heterocycles. The van der Waals surface area contributed by atoms with Crippen LogP contribution in [0.25, 0.3) is 0 Å². The lowest BCUT2D eigenvalue weighted by molar-refractivity contribution is -0.385. The number of non-ortho nitro benzene ring substituents is 1. The van der Waals surface area contributed by atoms with E-state index in [4.69, 9.17) is 5.11 Å². The van der Waals surface area contributed by atoms with Crippen LogP contribution in [-0.2, 0) is 17.4 Å². The molecule has 0 unspecified atom stereocenters. The Labute approximate surface area is 106 Å². The minimum atomic E-state index is -4.86. The molecule has 18 heavy (non-hydrogen) atoms. The summed E-state index contributed by atoms with van der Waals surface area (Å²) in [6.07, 6.45) is -5.74. The number of carboxylic acid groups (broad SMARTS) is 1. The van der Waals surface area contributed by atoms with Gasteiger partial charge in [-0.2, -0.15) is 13.2 Å². The van der Waals surface area contributed by atoms with Crippen molar-refractivity contribution in [3.63, 3.8) is 0 Å². The molecule has 0 fully saturated rings. The van der Waals surface area contributed by atoms with Crippen molar-refractivity contribution in [2.45, 2.75) is 12.6 Å². The third-order valence-corrected chi connectivity index (χ3v) is 2.73. The van der Waals surface area contributed by atoms with Gasteiger partial charge in [0.15, 0.2) is 0 Å². The van der Waals surface area contributed by atoms with Crippen molar-refractivity contribution < 1.29 is 28.0 Å². The Morgan fingerprint density at radius 1 is 1.44 bits per heavy atom. The van der Waals surface area contributed by atoms with E-state index >= 15 is 0 Å². The molecule has 0 amide bonds. The van der Waals surface area contributed by atoms with E-state index in [1.54, 1.807) is 0 Å². The molecule has 1 N–H and O–H groups in total. The molecule has 0 saturated heterocycles. The fourth-order valence-corrected chi connectivity index (χ4v) is 1.90. The van der Waals surface area contributed by atoms with Crippen molar-refractivity contribution in [2.24, 2.45) is 0 Å². The van der Waals surface area contributed by atoms with Crippen molar-refractivity contribution >= 4 is 27.6 Å². The molecule has 0 aliphatic carbocycles. The molecule has 0 heterocycles. The maximum absolute atomic E-state index is 12.7. The van der Waals surface area contributed by atoms with Gasteiger partial charge in [0.25, 0.3) is 5.69 Å². The SMILES string of the molecule is O=C(O)Cc1c(Br)cc([N+](=O)[O-])cc1C(F)(F)F. The number of nitrogens with zero attached hydrogens (tertiary/aromatic N) is 1. The maximum atomic E-state index is 12.7.